The number of likely N-dealkylation sites (tertiary alicyclic amines) is 1. The SMILES string of the molecule is Cc1nc(C)n(CC2CCCCN2Cc2nc(C3CC3)no2)n1. The molecule has 4 rings (SSSR count). The molecule has 124 valence electrons. The van der Waals surface area contributed by atoms with Crippen LogP contribution in [-0.2, 0) is 13.1 Å². The Morgan fingerprint density at radius 2 is 2.00 bits per heavy atom. The van der Waals surface area contributed by atoms with Crippen molar-refractivity contribution in [2.24, 2.45) is 0 Å². The maximum atomic E-state index is 5.46. The minimum Gasteiger partial charge on any atom is -0.338 e. The van der Waals surface area contributed by atoms with Gasteiger partial charge in [0.15, 0.2) is 5.82 Å². The maximum absolute atomic E-state index is 5.46. The second-order valence-electron chi connectivity index (χ2n) is 6.83. The fraction of sp³-hybridized carbons (Fsp3) is 0.750. The summed E-state index contributed by atoms with van der Waals surface area (Å²) in [6, 6.07) is 0.458. The van der Waals surface area contributed by atoms with E-state index in [-0.39, 0.29) is 0 Å². The molecule has 1 aliphatic heterocycles. The van der Waals surface area contributed by atoms with Crippen molar-refractivity contribution in [1.82, 2.24) is 29.8 Å². The lowest BCUT2D eigenvalue weighted by atomic mass is 10.0. The average Bonchev–Trinajstić information content (AvgIpc) is 3.20. The van der Waals surface area contributed by atoms with Crippen molar-refractivity contribution in [3.05, 3.63) is 23.4 Å². The van der Waals surface area contributed by atoms with Crippen molar-refractivity contribution in [3.63, 3.8) is 0 Å². The highest BCUT2D eigenvalue weighted by atomic mass is 16.5. The van der Waals surface area contributed by atoms with Crippen LogP contribution in [0.3, 0.4) is 0 Å². The molecule has 0 N–H and O–H groups in total. The molecule has 23 heavy (non-hydrogen) atoms. The molecular weight excluding hydrogens is 292 g/mol. The lowest BCUT2D eigenvalue weighted by molar-refractivity contribution is 0.107. The van der Waals surface area contributed by atoms with Gasteiger partial charge in [-0.3, -0.25) is 4.90 Å². The van der Waals surface area contributed by atoms with Gasteiger partial charge in [0.2, 0.25) is 5.89 Å². The predicted molar refractivity (Wildman–Crippen MR) is 83.8 cm³/mol. The lowest BCUT2D eigenvalue weighted by Crippen LogP contribution is -2.42. The van der Waals surface area contributed by atoms with Crippen molar-refractivity contribution in [2.75, 3.05) is 6.54 Å². The fourth-order valence-electron chi connectivity index (χ4n) is 3.42. The highest BCUT2D eigenvalue weighted by molar-refractivity contribution is 5.03. The normalized spacial score (nSPS) is 22.6. The smallest absolute Gasteiger partial charge is 0.240 e. The Morgan fingerprint density at radius 1 is 1.13 bits per heavy atom. The molecular formula is C16H24N6O. The summed E-state index contributed by atoms with van der Waals surface area (Å²) in [7, 11) is 0. The standard InChI is InChI=1S/C16H24N6O/c1-11-17-12(2)22(19-11)9-14-5-3-4-8-21(14)10-15-18-16(20-23-15)13-6-7-13/h13-14H,3-10H2,1-2H3. The minimum absolute atomic E-state index is 0.458. The van der Waals surface area contributed by atoms with Gasteiger partial charge in [-0.1, -0.05) is 11.6 Å². The molecule has 2 aliphatic rings. The van der Waals surface area contributed by atoms with Gasteiger partial charge in [0.25, 0.3) is 0 Å². The first-order chi connectivity index (χ1) is 11.2. The molecule has 3 heterocycles. The van der Waals surface area contributed by atoms with Crippen LogP contribution in [0.25, 0.3) is 0 Å². The van der Waals surface area contributed by atoms with Gasteiger partial charge in [0, 0.05) is 12.0 Å². The first-order valence-electron chi connectivity index (χ1n) is 8.63. The number of hydrogen-bond donors (Lipinski definition) is 0. The second kappa shape index (κ2) is 6.03. The summed E-state index contributed by atoms with van der Waals surface area (Å²) >= 11 is 0. The Labute approximate surface area is 136 Å². The van der Waals surface area contributed by atoms with E-state index in [1.807, 2.05) is 18.5 Å². The monoisotopic (exact) mass is 316 g/mol. The van der Waals surface area contributed by atoms with E-state index in [2.05, 4.69) is 25.1 Å². The van der Waals surface area contributed by atoms with Gasteiger partial charge in [0.05, 0.1) is 13.1 Å². The lowest BCUT2D eigenvalue weighted by Gasteiger charge is -2.34. The van der Waals surface area contributed by atoms with Crippen molar-refractivity contribution >= 4 is 0 Å². The van der Waals surface area contributed by atoms with E-state index in [4.69, 9.17) is 4.52 Å². The average molecular weight is 316 g/mol. The summed E-state index contributed by atoms with van der Waals surface area (Å²) < 4.78 is 7.49. The molecule has 0 radical (unpaired) electrons. The van der Waals surface area contributed by atoms with Gasteiger partial charge in [-0.15, -0.1) is 0 Å². The molecule has 1 unspecified atom stereocenters. The number of hydrogen-bond acceptors (Lipinski definition) is 6. The second-order valence-corrected chi connectivity index (χ2v) is 6.83. The number of piperidine rings is 1. The van der Waals surface area contributed by atoms with Crippen LogP contribution in [0.1, 0.15) is 61.4 Å². The highest BCUT2D eigenvalue weighted by Crippen LogP contribution is 2.38. The summed E-state index contributed by atoms with van der Waals surface area (Å²) in [6.07, 6.45) is 6.09. The van der Waals surface area contributed by atoms with E-state index in [0.717, 1.165) is 43.0 Å². The zero-order chi connectivity index (χ0) is 15.8. The number of nitrogens with zero attached hydrogens (tertiary/aromatic N) is 6. The zero-order valence-corrected chi connectivity index (χ0v) is 13.9. The largest absolute Gasteiger partial charge is 0.338 e. The van der Waals surface area contributed by atoms with Gasteiger partial charge < -0.3 is 4.52 Å². The van der Waals surface area contributed by atoms with E-state index >= 15 is 0 Å². The third-order valence-electron chi connectivity index (χ3n) is 4.86. The van der Waals surface area contributed by atoms with E-state index in [1.54, 1.807) is 0 Å². The van der Waals surface area contributed by atoms with Gasteiger partial charge in [-0.25, -0.2) is 9.67 Å². The molecule has 2 fully saturated rings. The Morgan fingerprint density at radius 3 is 2.74 bits per heavy atom. The molecule has 2 aromatic rings. The number of aryl methyl sites for hydroxylation is 2. The van der Waals surface area contributed by atoms with Crippen molar-refractivity contribution in [1.29, 1.82) is 0 Å². The molecule has 1 aliphatic carbocycles. The van der Waals surface area contributed by atoms with Crippen LogP contribution in [0.2, 0.25) is 0 Å². The highest BCUT2D eigenvalue weighted by Gasteiger charge is 2.30. The summed E-state index contributed by atoms with van der Waals surface area (Å²) in [5.74, 6) is 4.03. The Kier molecular flexibility index (Phi) is 3.88. The van der Waals surface area contributed by atoms with Gasteiger partial charge >= 0.3 is 0 Å². The molecule has 7 heteroatoms. The number of rotatable bonds is 5. The number of aromatic nitrogens is 5. The maximum Gasteiger partial charge on any atom is 0.240 e. The van der Waals surface area contributed by atoms with Crippen LogP contribution in [0.4, 0.5) is 0 Å². The molecule has 7 nitrogen and oxygen atoms in total. The molecule has 0 bridgehead atoms. The Balaban J connectivity index is 1.44. The molecule has 2 aromatic heterocycles. The van der Waals surface area contributed by atoms with Crippen LogP contribution in [0, 0.1) is 13.8 Å². The van der Waals surface area contributed by atoms with Crippen LogP contribution in [0.15, 0.2) is 4.52 Å². The molecule has 1 saturated carbocycles. The molecule has 0 aromatic carbocycles. The summed E-state index contributed by atoms with van der Waals surface area (Å²) in [5, 5.41) is 8.64. The molecule has 1 atom stereocenters. The van der Waals surface area contributed by atoms with E-state index in [0.29, 0.717) is 12.0 Å². The van der Waals surface area contributed by atoms with Crippen molar-refractivity contribution < 1.29 is 4.52 Å². The van der Waals surface area contributed by atoms with E-state index in [9.17, 15) is 0 Å². The fourth-order valence-corrected chi connectivity index (χ4v) is 3.42. The van der Waals surface area contributed by atoms with Crippen molar-refractivity contribution in [2.45, 2.75) is 71.0 Å². The third-order valence-corrected chi connectivity index (χ3v) is 4.86. The van der Waals surface area contributed by atoms with Gasteiger partial charge in [-0.2, -0.15) is 10.1 Å². The topological polar surface area (TPSA) is 72.9 Å². The Bertz CT molecular complexity index is 674. The van der Waals surface area contributed by atoms with E-state index in [1.165, 1.54) is 32.1 Å². The summed E-state index contributed by atoms with van der Waals surface area (Å²) in [4.78, 5) is 11.4. The minimum atomic E-state index is 0.458. The first-order valence-corrected chi connectivity index (χ1v) is 8.63. The summed E-state index contributed by atoms with van der Waals surface area (Å²) in [5.41, 5.74) is 0. The van der Waals surface area contributed by atoms with Crippen LogP contribution in [0.5, 0.6) is 0 Å². The zero-order valence-electron chi connectivity index (χ0n) is 13.9. The third kappa shape index (κ3) is 3.29. The molecule has 1 saturated heterocycles. The Hall–Kier alpha value is -1.76. The summed E-state index contributed by atoms with van der Waals surface area (Å²) in [6.45, 7) is 6.68. The van der Waals surface area contributed by atoms with E-state index < -0.39 is 0 Å². The first kappa shape index (κ1) is 14.8. The van der Waals surface area contributed by atoms with Crippen molar-refractivity contribution in [3.8, 4) is 0 Å². The van der Waals surface area contributed by atoms with Crippen LogP contribution in [-0.4, -0.2) is 42.4 Å². The van der Waals surface area contributed by atoms with Gasteiger partial charge in [-0.05, 0) is 46.1 Å². The molecule has 0 spiro atoms. The van der Waals surface area contributed by atoms with Crippen LogP contribution >= 0.6 is 0 Å². The van der Waals surface area contributed by atoms with Gasteiger partial charge in [0.1, 0.15) is 11.6 Å². The van der Waals surface area contributed by atoms with Crippen LogP contribution < -0.4 is 0 Å². The predicted octanol–water partition coefficient (Wildman–Crippen LogP) is 2.21. The quantitative estimate of drug-likeness (QED) is 0.842. The molecule has 0 amide bonds.